The molecule has 1 aliphatic heterocycles. The van der Waals surface area contributed by atoms with Gasteiger partial charge >= 0.3 is 6.03 Å². The van der Waals surface area contributed by atoms with Crippen LogP contribution in [-0.4, -0.2) is 66.4 Å². The Bertz CT molecular complexity index is 735. The molecular formula is C21H33N3O4S. The van der Waals surface area contributed by atoms with Crippen molar-refractivity contribution in [2.75, 3.05) is 33.9 Å². The van der Waals surface area contributed by atoms with Crippen LogP contribution in [0, 0.1) is 0 Å². The maximum Gasteiger partial charge on any atom is 0.317 e. The van der Waals surface area contributed by atoms with E-state index in [1.165, 1.54) is 0 Å². The van der Waals surface area contributed by atoms with Gasteiger partial charge in [0.15, 0.2) is 11.5 Å². The third-order valence-corrected chi connectivity index (χ3v) is 6.10. The van der Waals surface area contributed by atoms with Gasteiger partial charge in [-0.25, -0.2) is 4.79 Å². The highest BCUT2D eigenvalue weighted by molar-refractivity contribution is 8.01. The standard InChI is InChI=1S/C21H33N3O4S/c1-8-23(20(26)22-21(3,4)5)11-12-24-18(25)14(2)29-19(24)15-9-10-16(27-6)17(13-15)28-7/h9-10,13-14,19H,8,11-12H2,1-7H3,(H,22,26)/t14-,19+/m1/s1. The molecule has 8 heteroatoms. The zero-order valence-corrected chi connectivity index (χ0v) is 19.3. The Kier molecular flexibility index (Phi) is 7.68. The molecule has 1 aliphatic rings. The van der Waals surface area contributed by atoms with E-state index < -0.39 is 0 Å². The Morgan fingerprint density at radius 2 is 1.90 bits per heavy atom. The number of amides is 3. The fraction of sp³-hybridized carbons (Fsp3) is 0.619. The first kappa shape index (κ1) is 23.2. The average Bonchev–Trinajstić information content (AvgIpc) is 2.94. The molecule has 3 amide bonds. The second-order valence-electron chi connectivity index (χ2n) is 8.04. The molecule has 2 atom stereocenters. The van der Waals surface area contributed by atoms with Crippen molar-refractivity contribution < 1.29 is 19.1 Å². The van der Waals surface area contributed by atoms with Gasteiger partial charge in [-0.3, -0.25) is 4.79 Å². The number of carbonyl (C=O) groups excluding carboxylic acids is 2. The first-order valence-corrected chi connectivity index (χ1v) is 10.8. The Labute approximate surface area is 178 Å². The van der Waals surface area contributed by atoms with Crippen LogP contribution < -0.4 is 14.8 Å². The monoisotopic (exact) mass is 423 g/mol. The minimum absolute atomic E-state index is 0.0852. The molecule has 0 unspecified atom stereocenters. The summed E-state index contributed by atoms with van der Waals surface area (Å²) >= 11 is 1.61. The second kappa shape index (κ2) is 9.61. The van der Waals surface area contributed by atoms with E-state index in [-0.39, 0.29) is 28.1 Å². The lowest BCUT2D eigenvalue weighted by Crippen LogP contribution is -2.50. The maximum absolute atomic E-state index is 12.8. The summed E-state index contributed by atoms with van der Waals surface area (Å²) in [4.78, 5) is 28.9. The minimum atomic E-state index is -0.305. The fourth-order valence-electron chi connectivity index (χ4n) is 3.20. The van der Waals surface area contributed by atoms with Crippen LogP contribution in [0.2, 0.25) is 0 Å². The van der Waals surface area contributed by atoms with Gasteiger partial charge < -0.3 is 24.6 Å². The number of ether oxygens (including phenoxy) is 2. The summed E-state index contributed by atoms with van der Waals surface area (Å²) in [6, 6.07) is 5.62. The molecule has 0 saturated carbocycles. The van der Waals surface area contributed by atoms with Crippen LogP contribution in [0.25, 0.3) is 0 Å². The van der Waals surface area contributed by atoms with Gasteiger partial charge in [-0.05, 0) is 52.3 Å². The van der Waals surface area contributed by atoms with E-state index in [4.69, 9.17) is 9.47 Å². The highest BCUT2D eigenvalue weighted by atomic mass is 32.2. The third kappa shape index (κ3) is 5.72. The summed E-state index contributed by atoms with van der Waals surface area (Å²) in [6.07, 6.45) is 0. The normalized spacial score (nSPS) is 19.3. The second-order valence-corrected chi connectivity index (χ2v) is 9.46. The number of thioether (sulfide) groups is 1. The molecule has 2 rings (SSSR count). The van der Waals surface area contributed by atoms with E-state index in [1.54, 1.807) is 30.9 Å². The van der Waals surface area contributed by atoms with Crippen LogP contribution in [-0.2, 0) is 4.79 Å². The van der Waals surface area contributed by atoms with Crippen LogP contribution in [0.4, 0.5) is 4.79 Å². The van der Waals surface area contributed by atoms with Gasteiger partial charge in [-0.15, -0.1) is 11.8 Å². The largest absolute Gasteiger partial charge is 0.493 e. The molecule has 0 aromatic heterocycles. The molecule has 1 aromatic carbocycles. The van der Waals surface area contributed by atoms with Crippen molar-refractivity contribution in [2.24, 2.45) is 0 Å². The number of benzene rings is 1. The van der Waals surface area contributed by atoms with Gasteiger partial charge in [0.1, 0.15) is 5.37 Å². The fourth-order valence-corrected chi connectivity index (χ4v) is 4.50. The number of nitrogens with zero attached hydrogens (tertiary/aromatic N) is 2. The number of carbonyl (C=O) groups is 2. The average molecular weight is 424 g/mol. The van der Waals surface area contributed by atoms with Crippen LogP contribution in [0.3, 0.4) is 0 Å². The van der Waals surface area contributed by atoms with E-state index in [9.17, 15) is 9.59 Å². The summed E-state index contributed by atoms with van der Waals surface area (Å²) in [5.74, 6) is 1.38. The highest BCUT2D eigenvalue weighted by Gasteiger charge is 2.39. The maximum atomic E-state index is 12.8. The lowest BCUT2D eigenvalue weighted by molar-refractivity contribution is -0.130. The van der Waals surface area contributed by atoms with Crippen LogP contribution in [0.1, 0.15) is 45.6 Å². The summed E-state index contributed by atoms with van der Waals surface area (Å²) in [5.41, 5.74) is 0.674. The highest BCUT2D eigenvalue weighted by Crippen LogP contribution is 2.44. The van der Waals surface area contributed by atoms with Crippen molar-refractivity contribution >= 4 is 23.7 Å². The lowest BCUT2D eigenvalue weighted by Gasteiger charge is -2.30. The Hall–Kier alpha value is -2.09. The van der Waals surface area contributed by atoms with Gasteiger partial charge in [0, 0.05) is 25.2 Å². The Morgan fingerprint density at radius 1 is 1.24 bits per heavy atom. The van der Waals surface area contributed by atoms with E-state index in [2.05, 4.69) is 5.32 Å². The number of rotatable bonds is 7. The molecule has 29 heavy (non-hydrogen) atoms. The predicted octanol–water partition coefficient (Wildman–Crippen LogP) is 3.50. The number of nitrogens with one attached hydrogen (secondary N) is 1. The third-order valence-electron chi connectivity index (χ3n) is 4.70. The molecule has 1 saturated heterocycles. The van der Waals surface area contributed by atoms with E-state index in [0.717, 1.165) is 5.56 Å². The number of hydrogen-bond acceptors (Lipinski definition) is 5. The van der Waals surface area contributed by atoms with Crippen molar-refractivity contribution in [1.82, 2.24) is 15.1 Å². The summed E-state index contributed by atoms with van der Waals surface area (Å²) in [5, 5.41) is 2.73. The first-order chi connectivity index (χ1) is 13.6. The number of hydrogen-bond donors (Lipinski definition) is 1. The molecule has 1 fully saturated rings. The molecule has 1 heterocycles. The van der Waals surface area contributed by atoms with E-state index in [1.807, 2.05) is 57.7 Å². The number of urea groups is 1. The quantitative estimate of drug-likeness (QED) is 0.727. The number of methoxy groups -OCH3 is 2. The van der Waals surface area contributed by atoms with Crippen LogP contribution >= 0.6 is 11.8 Å². The van der Waals surface area contributed by atoms with Crippen molar-refractivity contribution in [2.45, 2.75) is 50.8 Å². The van der Waals surface area contributed by atoms with E-state index in [0.29, 0.717) is 31.1 Å². The molecule has 0 aliphatic carbocycles. The van der Waals surface area contributed by atoms with Crippen molar-refractivity contribution in [3.63, 3.8) is 0 Å². The first-order valence-electron chi connectivity index (χ1n) is 9.86. The Balaban J connectivity index is 2.17. The van der Waals surface area contributed by atoms with Gasteiger partial charge in [-0.1, -0.05) is 6.07 Å². The van der Waals surface area contributed by atoms with Crippen molar-refractivity contribution in [3.05, 3.63) is 23.8 Å². The Morgan fingerprint density at radius 3 is 2.45 bits per heavy atom. The summed E-state index contributed by atoms with van der Waals surface area (Å²) in [7, 11) is 3.20. The van der Waals surface area contributed by atoms with E-state index >= 15 is 0 Å². The molecule has 0 radical (unpaired) electrons. The topological polar surface area (TPSA) is 71.1 Å². The summed E-state index contributed by atoms with van der Waals surface area (Å²) in [6.45, 7) is 11.2. The summed E-state index contributed by atoms with van der Waals surface area (Å²) < 4.78 is 10.7. The van der Waals surface area contributed by atoms with Crippen molar-refractivity contribution in [1.29, 1.82) is 0 Å². The molecule has 0 bridgehead atoms. The zero-order valence-electron chi connectivity index (χ0n) is 18.4. The van der Waals surface area contributed by atoms with Gasteiger partial charge in [0.05, 0.1) is 19.5 Å². The molecule has 1 aromatic rings. The van der Waals surface area contributed by atoms with Crippen molar-refractivity contribution in [3.8, 4) is 11.5 Å². The molecule has 7 nitrogen and oxygen atoms in total. The SMILES string of the molecule is CCN(CCN1C(=O)[C@@H](C)S[C@H]1c1ccc(OC)c(OC)c1)C(=O)NC(C)(C)C. The molecule has 162 valence electrons. The molecular weight excluding hydrogens is 390 g/mol. The van der Waals surface area contributed by atoms with Gasteiger partial charge in [-0.2, -0.15) is 0 Å². The number of likely N-dealkylation sites (N-methyl/N-ethyl adjacent to an activating group) is 1. The molecule has 1 N–H and O–H groups in total. The van der Waals surface area contributed by atoms with Crippen LogP contribution in [0.15, 0.2) is 18.2 Å². The smallest absolute Gasteiger partial charge is 0.317 e. The van der Waals surface area contributed by atoms with Crippen LogP contribution in [0.5, 0.6) is 11.5 Å². The lowest BCUT2D eigenvalue weighted by atomic mass is 10.1. The minimum Gasteiger partial charge on any atom is -0.493 e. The predicted molar refractivity (Wildman–Crippen MR) is 117 cm³/mol. The van der Waals surface area contributed by atoms with Gasteiger partial charge in [0.2, 0.25) is 5.91 Å². The molecule has 0 spiro atoms. The van der Waals surface area contributed by atoms with Gasteiger partial charge in [0.25, 0.3) is 0 Å². The zero-order chi connectivity index (χ0) is 21.8.